The third kappa shape index (κ3) is 5.69. The van der Waals surface area contributed by atoms with Gasteiger partial charge in [-0.05, 0) is 31.2 Å². The van der Waals surface area contributed by atoms with Gasteiger partial charge in [-0.3, -0.25) is 4.79 Å². The van der Waals surface area contributed by atoms with Crippen molar-refractivity contribution in [1.82, 2.24) is 5.32 Å². The number of nitrogens with one attached hydrogen (secondary N) is 1. The van der Waals surface area contributed by atoms with Crippen molar-refractivity contribution in [2.75, 3.05) is 7.05 Å². The highest BCUT2D eigenvalue weighted by atomic mass is 19.4. The summed E-state index contributed by atoms with van der Waals surface area (Å²) in [5.74, 6) is -0.0411. The predicted molar refractivity (Wildman–Crippen MR) is 76.0 cm³/mol. The average molecular weight is 295 g/mol. The van der Waals surface area contributed by atoms with E-state index in [9.17, 15) is 18.0 Å². The molecule has 0 aromatic heterocycles. The Bertz CT molecular complexity index is 562. The molecule has 0 atom stereocenters. The van der Waals surface area contributed by atoms with Crippen LogP contribution in [0.25, 0.3) is 0 Å². The molecule has 0 saturated heterocycles. The van der Waals surface area contributed by atoms with Gasteiger partial charge in [0.2, 0.25) is 0 Å². The number of benzene rings is 2. The number of alkyl halides is 3. The number of carbonyl (C=O) groups is 1. The molecule has 1 amide bonds. The highest BCUT2D eigenvalue weighted by molar-refractivity contribution is 5.93. The minimum absolute atomic E-state index is 0.0411. The monoisotopic (exact) mass is 295 g/mol. The first-order chi connectivity index (χ1) is 9.84. The molecule has 0 fully saturated rings. The molecule has 2 rings (SSSR count). The number of halogens is 3. The van der Waals surface area contributed by atoms with E-state index in [1.807, 2.05) is 18.2 Å². The summed E-state index contributed by atoms with van der Waals surface area (Å²) in [4.78, 5) is 10.9. The fourth-order valence-corrected chi connectivity index (χ4v) is 1.48. The smallest absolute Gasteiger partial charge is 0.355 e. The summed E-state index contributed by atoms with van der Waals surface area (Å²) < 4.78 is 35.8. The van der Waals surface area contributed by atoms with Crippen molar-refractivity contribution in [3.05, 3.63) is 71.3 Å². The molecule has 0 aliphatic carbocycles. The zero-order valence-corrected chi connectivity index (χ0v) is 11.7. The molecule has 0 aliphatic heterocycles. The Hall–Kier alpha value is -2.30. The van der Waals surface area contributed by atoms with Gasteiger partial charge in [0, 0.05) is 12.6 Å². The number of aryl methyl sites for hydroxylation is 1. The lowest BCUT2D eigenvalue weighted by molar-refractivity contribution is -0.137. The third-order valence-corrected chi connectivity index (χ3v) is 2.64. The summed E-state index contributed by atoms with van der Waals surface area (Å²) in [6.45, 7) is 1.75. The molecule has 0 bridgehead atoms. The van der Waals surface area contributed by atoms with Crippen molar-refractivity contribution in [3.63, 3.8) is 0 Å². The second-order valence-electron chi connectivity index (χ2n) is 4.31. The van der Waals surface area contributed by atoms with E-state index in [4.69, 9.17) is 0 Å². The zero-order chi connectivity index (χ0) is 15.9. The van der Waals surface area contributed by atoms with E-state index in [0.717, 1.165) is 17.7 Å². The van der Waals surface area contributed by atoms with Gasteiger partial charge in [-0.1, -0.05) is 35.9 Å². The average Bonchev–Trinajstić information content (AvgIpc) is 2.47. The zero-order valence-electron chi connectivity index (χ0n) is 11.7. The molecule has 0 radical (unpaired) electrons. The Labute approximate surface area is 121 Å². The van der Waals surface area contributed by atoms with Crippen LogP contribution < -0.4 is 5.32 Å². The predicted octanol–water partition coefficient (Wildman–Crippen LogP) is 4.06. The van der Waals surface area contributed by atoms with E-state index >= 15 is 0 Å². The van der Waals surface area contributed by atoms with E-state index in [0.29, 0.717) is 5.56 Å². The van der Waals surface area contributed by atoms with Crippen molar-refractivity contribution in [2.24, 2.45) is 0 Å². The van der Waals surface area contributed by atoms with Crippen LogP contribution in [0.15, 0.2) is 54.6 Å². The molecule has 21 heavy (non-hydrogen) atoms. The van der Waals surface area contributed by atoms with Crippen LogP contribution in [0.2, 0.25) is 0 Å². The van der Waals surface area contributed by atoms with Gasteiger partial charge in [-0.2, -0.15) is 13.2 Å². The van der Waals surface area contributed by atoms with Gasteiger partial charge < -0.3 is 5.32 Å². The molecule has 0 aliphatic rings. The lowest BCUT2D eigenvalue weighted by atomic mass is 10.1. The minimum atomic E-state index is -4.21. The van der Waals surface area contributed by atoms with Gasteiger partial charge >= 0.3 is 6.18 Å². The number of carbonyl (C=O) groups excluding carboxylic acids is 1. The molecule has 0 saturated carbocycles. The highest BCUT2D eigenvalue weighted by Gasteiger charge is 2.29. The first-order valence-corrected chi connectivity index (χ1v) is 6.25. The number of rotatable bonds is 1. The molecule has 0 spiro atoms. The number of amides is 1. The minimum Gasteiger partial charge on any atom is -0.355 e. The Morgan fingerprint density at radius 1 is 0.952 bits per heavy atom. The SMILES string of the molecule is CNC(=O)c1ccccc1.Cc1ccc(C(F)(F)F)cc1. The third-order valence-electron chi connectivity index (χ3n) is 2.64. The molecule has 2 aromatic carbocycles. The lowest BCUT2D eigenvalue weighted by Crippen LogP contribution is -2.17. The topological polar surface area (TPSA) is 29.1 Å². The molecular weight excluding hydrogens is 279 g/mol. The largest absolute Gasteiger partial charge is 0.416 e. The maximum absolute atomic E-state index is 11.9. The molecule has 2 nitrogen and oxygen atoms in total. The normalized spacial score (nSPS) is 10.3. The summed E-state index contributed by atoms with van der Waals surface area (Å²) in [7, 11) is 1.62. The van der Waals surface area contributed by atoms with E-state index < -0.39 is 11.7 Å². The molecule has 1 N–H and O–H groups in total. The van der Waals surface area contributed by atoms with Gasteiger partial charge in [0.1, 0.15) is 0 Å². The lowest BCUT2D eigenvalue weighted by Gasteiger charge is -2.05. The Balaban J connectivity index is 0.000000211. The van der Waals surface area contributed by atoms with Crippen molar-refractivity contribution in [3.8, 4) is 0 Å². The van der Waals surface area contributed by atoms with Gasteiger partial charge in [0.05, 0.1) is 5.56 Å². The fraction of sp³-hybridized carbons (Fsp3) is 0.188. The van der Waals surface area contributed by atoms with E-state index in [1.165, 1.54) is 12.1 Å². The van der Waals surface area contributed by atoms with Crippen LogP contribution in [0.4, 0.5) is 13.2 Å². The van der Waals surface area contributed by atoms with E-state index in [1.54, 1.807) is 26.1 Å². The second kappa shape index (κ2) is 7.47. The number of hydrogen-bond acceptors (Lipinski definition) is 1. The summed E-state index contributed by atoms with van der Waals surface area (Å²) in [6.07, 6.45) is -4.21. The first-order valence-electron chi connectivity index (χ1n) is 6.25. The summed E-state index contributed by atoms with van der Waals surface area (Å²) in [6, 6.07) is 14.2. The fourth-order valence-electron chi connectivity index (χ4n) is 1.48. The molecule has 0 unspecified atom stereocenters. The van der Waals surface area contributed by atoms with Crippen molar-refractivity contribution >= 4 is 5.91 Å². The number of hydrogen-bond donors (Lipinski definition) is 1. The van der Waals surface area contributed by atoms with Crippen molar-refractivity contribution in [2.45, 2.75) is 13.1 Å². The standard InChI is InChI=1S/C8H7F3.C8H9NO/c1-6-2-4-7(5-3-6)8(9,10)11;1-9-8(10)7-5-3-2-4-6-7/h2-5H,1H3;2-6H,1H3,(H,9,10). The van der Waals surface area contributed by atoms with Crippen LogP contribution in [0.5, 0.6) is 0 Å². The van der Waals surface area contributed by atoms with Crippen LogP contribution in [-0.2, 0) is 6.18 Å². The van der Waals surface area contributed by atoms with Gasteiger partial charge in [0.15, 0.2) is 0 Å². The van der Waals surface area contributed by atoms with Crippen LogP contribution in [0.3, 0.4) is 0 Å². The molecule has 0 heterocycles. The molecule has 112 valence electrons. The van der Waals surface area contributed by atoms with Crippen LogP contribution >= 0.6 is 0 Å². The summed E-state index contributed by atoms with van der Waals surface area (Å²) in [5.41, 5.74) is 0.936. The van der Waals surface area contributed by atoms with Gasteiger partial charge in [0.25, 0.3) is 5.91 Å². The molecular formula is C16H16F3NO. The van der Waals surface area contributed by atoms with Crippen LogP contribution in [0.1, 0.15) is 21.5 Å². The van der Waals surface area contributed by atoms with Crippen molar-refractivity contribution < 1.29 is 18.0 Å². The van der Waals surface area contributed by atoms with Crippen LogP contribution in [0, 0.1) is 6.92 Å². The quantitative estimate of drug-likeness (QED) is 0.844. The first kappa shape index (κ1) is 16.8. The van der Waals surface area contributed by atoms with Gasteiger partial charge in [-0.25, -0.2) is 0 Å². The summed E-state index contributed by atoms with van der Waals surface area (Å²) >= 11 is 0. The van der Waals surface area contributed by atoms with E-state index in [-0.39, 0.29) is 5.91 Å². The van der Waals surface area contributed by atoms with E-state index in [2.05, 4.69) is 5.32 Å². The maximum atomic E-state index is 11.9. The Morgan fingerprint density at radius 2 is 1.48 bits per heavy atom. The second-order valence-corrected chi connectivity index (χ2v) is 4.31. The Morgan fingerprint density at radius 3 is 1.90 bits per heavy atom. The molecule has 5 heteroatoms. The maximum Gasteiger partial charge on any atom is 0.416 e. The highest BCUT2D eigenvalue weighted by Crippen LogP contribution is 2.28. The molecule has 2 aromatic rings. The van der Waals surface area contributed by atoms with Crippen molar-refractivity contribution in [1.29, 1.82) is 0 Å². The summed E-state index contributed by atoms with van der Waals surface area (Å²) in [5, 5.41) is 2.54. The van der Waals surface area contributed by atoms with Gasteiger partial charge in [-0.15, -0.1) is 0 Å². The Kier molecular flexibility index (Phi) is 5.96. The van der Waals surface area contributed by atoms with Crippen LogP contribution in [-0.4, -0.2) is 13.0 Å².